The van der Waals surface area contributed by atoms with Crippen molar-refractivity contribution in [2.75, 3.05) is 13.1 Å². The van der Waals surface area contributed by atoms with Crippen LogP contribution in [0.1, 0.15) is 18.0 Å². The summed E-state index contributed by atoms with van der Waals surface area (Å²) in [4.78, 5) is 13.1. The van der Waals surface area contributed by atoms with E-state index in [1.54, 1.807) is 12.1 Å². The lowest BCUT2D eigenvalue weighted by atomic mass is 10.1. The van der Waals surface area contributed by atoms with Gasteiger partial charge < -0.3 is 10.5 Å². The molecule has 1 aliphatic rings. The van der Waals surface area contributed by atoms with Crippen molar-refractivity contribution in [3.05, 3.63) is 35.6 Å². The molecule has 1 aromatic rings. The highest BCUT2D eigenvalue weighted by atomic mass is 19.1. The summed E-state index contributed by atoms with van der Waals surface area (Å²) in [6, 6.07) is 5.90. The van der Waals surface area contributed by atoms with Crippen molar-refractivity contribution >= 4 is 6.29 Å². The number of hydrogen-bond donors (Lipinski definition) is 1. The van der Waals surface area contributed by atoms with Crippen LogP contribution >= 0.6 is 0 Å². The third-order valence-corrected chi connectivity index (χ3v) is 2.99. The fourth-order valence-electron chi connectivity index (χ4n) is 2.10. The molecular weight excluding hydrogens is 207 g/mol. The fraction of sp³-hybridized carbons (Fsp3) is 0.417. The predicted octanol–water partition coefficient (Wildman–Crippen LogP) is 1.10. The number of nitrogens with two attached hydrogens (primary N) is 1. The van der Waals surface area contributed by atoms with Crippen LogP contribution in [0.3, 0.4) is 0 Å². The molecule has 1 heterocycles. The number of halogens is 1. The van der Waals surface area contributed by atoms with Crippen molar-refractivity contribution in [2.24, 2.45) is 5.73 Å². The van der Waals surface area contributed by atoms with Crippen LogP contribution in [0.4, 0.5) is 4.39 Å². The first-order valence-corrected chi connectivity index (χ1v) is 5.41. The average molecular weight is 222 g/mol. The highest BCUT2D eigenvalue weighted by Crippen LogP contribution is 2.23. The van der Waals surface area contributed by atoms with Gasteiger partial charge in [0.2, 0.25) is 0 Å². The SMILES string of the molecule is N[C@H]1CCN(C(C=O)c2ccc(F)cc2)C1. The molecule has 0 amide bonds. The van der Waals surface area contributed by atoms with Crippen LogP contribution in [-0.2, 0) is 4.79 Å². The minimum absolute atomic E-state index is 0.142. The predicted molar refractivity (Wildman–Crippen MR) is 59.4 cm³/mol. The van der Waals surface area contributed by atoms with E-state index in [0.717, 1.165) is 31.4 Å². The molecule has 0 bridgehead atoms. The van der Waals surface area contributed by atoms with Gasteiger partial charge in [0.1, 0.15) is 12.1 Å². The first-order chi connectivity index (χ1) is 7.70. The third kappa shape index (κ3) is 2.28. The maximum absolute atomic E-state index is 12.8. The van der Waals surface area contributed by atoms with E-state index < -0.39 is 0 Å². The maximum atomic E-state index is 12.8. The third-order valence-electron chi connectivity index (χ3n) is 2.99. The molecule has 2 N–H and O–H groups in total. The molecule has 2 atom stereocenters. The molecule has 2 rings (SSSR count). The molecule has 0 spiro atoms. The molecule has 1 fully saturated rings. The Bertz CT molecular complexity index is 366. The lowest BCUT2D eigenvalue weighted by molar-refractivity contribution is -0.112. The summed E-state index contributed by atoms with van der Waals surface area (Å²) in [5.74, 6) is -0.286. The Labute approximate surface area is 94.0 Å². The molecule has 1 unspecified atom stereocenters. The van der Waals surface area contributed by atoms with Gasteiger partial charge in [0.05, 0.1) is 6.04 Å². The van der Waals surface area contributed by atoms with E-state index in [-0.39, 0.29) is 17.9 Å². The number of hydrogen-bond acceptors (Lipinski definition) is 3. The van der Waals surface area contributed by atoms with Gasteiger partial charge in [-0.3, -0.25) is 4.90 Å². The van der Waals surface area contributed by atoms with E-state index in [2.05, 4.69) is 0 Å². The zero-order chi connectivity index (χ0) is 11.5. The van der Waals surface area contributed by atoms with Crippen LogP contribution in [0.15, 0.2) is 24.3 Å². The van der Waals surface area contributed by atoms with Crippen molar-refractivity contribution in [1.82, 2.24) is 4.90 Å². The van der Waals surface area contributed by atoms with E-state index in [4.69, 9.17) is 5.73 Å². The van der Waals surface area contributed by atoms with E-state index in [1.165, 1.54) is 12.1 Å². The minimum Gasteiger partial charge on any atom is -0.326 e. The van der Waals surface area contributed by atoms with Crippen LogP contribution < -0.4 is 5.73 Å². The van der Waals surface area contributed by atoms with Gasteiger partial charge in [-0.2, -0.15) is 0 Å². The Hall–Kier alpha value is -1.26. The van der Waals surface area contributed by atoms with Gasteiger partial charge in [-0.05, 0) is 24.1 Å². The normalized spacial score (nSPS) is 23.2. The maximum Gasteiger partial charge on any atom is 0.141 e. The van der Waals surface area contributed by atoms with Crippen LogP contribution in [0.2, 0.25) is 0 Å². The minimum atomic E-state index is -0.297. The van der Waals surface area contributed by atoms with E-state index in [1.807, 2.05) is 4.90 Å². The number of nitrogens with zero attached hydrogens (tertiary/aromatic N) is 1. The topological polar surface area (TPSA) is 46.3 Å². The highest BCUT2D eigenvalue weighted by Gasteiger charge is 2.26. The molecule has 1 aromatic carbocycles. The standard InChI is InChI=1S/C12H15FN2O/c13-10-3-1-9(2-4-10)12(8-16)15-6-5-11(14)7-15/h1-4,8,11-12H,5-7,14H2/t11-,12?/m0/s1. The summed E-state index contributed by atoms with van der Waals surface area (Å²) in [5, 5.41) is 0. The zero-order valence-corrected chi connectivity index (χ0v) is 8.97. The van der Waals surface area contributed by atoms with Gasteiger partial charge in [0.15, 0.2) is 0 Å². The molecule has 86 valence electrons. The average Bonchev–Trinajstić information content (AvgIpc) is 2.69. The van der Waals surface area contributed by atoms with Crippen LogP contribution in [0.5, 0.6) is 0 Å². The van der Waals surface area contributed by atoms with E-state index in [0.29, 0.717) is 0 Å². The molecule has 0 radical (unpaired) electrons. The number of carbonyl (C=O) groups is 1. The first-order valence-electron chi connectivity index (χ1n) is 5.41. The number of carbonyl (C=O) groups excluding carboxylic acids is 1. The summed E-state index contributed by atoms with van der Waals surface area (Å²) in [6.07, 6.45) is 1.80. The van der Waals surface area contributed by atoms with Crippen LogP contribution in [0, 0.1) is 5.82 Å². The molecule has 3 nitrogen and oxygen atoms in total. The second kappa shape index (κ2) is 4.72. The van der Waals surface area contributed by atoms with Crippen molar-refractivity contribution in [2.45, 2.75) is 18.5 Å². The Kier molecular flexibility index (Phi) is 3.31. The number of aldehydes is 1. The Morgan fingerprint density at radius 2 is 2.12 bits per heavy atom. The summed E-state index contributed by atoms with van der Waals surface area (Å²) in [5.41, 5.74) is 6.63. The number of rotatable bonds is 3. The van der Waals surface area contributed by atoms with Gasteiger partial charge in [-0.15, -0.1) is 0 Å². The van der Waals surface area contributed by atoms with E-state index >= 15 is 0 Å². The Balaban J connectivity index is 2.16. The summed E-state index contributed by atoms with van der Waals surface area (Å²) in [7, 11) is 0. The van der Waals surface area contributed by atoms with Gasteiger partial charge in [-0.25, -0.2) is 4.39 Å². The molecule has 0 aliphatic carbocycles. The van der Waals surface area contributed by atoms with Crippen molar-refractivity contribution in [3.63, 3.8) is 0 Å². The largest absolute Gasteiger partial charge is 0.326 e. The van der Waals surface area contributed by atoms with Crippen molar-refractivity contribution < 1.29 is 9.18 Å². The summed E-state index contributed by atoms with van der Waals surface area (Å²) in [6.45, 7) is 1.54. The summed E-state index contributed by atoms with van der Waals surface area (Å²) < 4.78 is 12.8. The second-order valence-corrected chi connectivity index (χ2v) is 4.18. The van der Waals surface area contributed by atoms with Crippen LogP contribution in [0.25, 0.3) is 0 Å². The number of benzene rings is 1. The molecular formula is C12H15FN2O. The van der Waals surface area contributed by atoms with Crippen LogP contribution in [-0.4, -0.2) is 30.3 Å². The monoisotopic (exact) mass is 222 g/mol. The van der Waals surface area contributed by atoms with Crippen molar-refractivity contribution in [3.8, 4) is 0 Å². The Morgan fingerprint density at radius 3 is 2.62 bits per heavy atom. The lowest BCUT2D eigenvalue weighted by Gasteiger charge is -2.22. The fourth-order valence-corrected chi connectivity index (χ4v) is 2.10. The Morgan fingerprint density at radius 1 is 1.44 bits per heavy atom. The van der Waals surface area contributed by atoms with Gasteiger partial charge in [0, 0.05) is 19.1 Å². The summed E-state index contributed by atoms with van der Waals surface area (Å²) >= 11 is 0. The number of likely N-dealkylation sites (tertiary alicyclic amines) is 1. The molecule has 16 heavy (non-hydrogen) atoms. The molecule has 0 aromatic heterocycles. The molecule has 1 saturated heterocycles. The quantitative estimate of drug-likeness (QED) is 0.779. The molecule has 4 heteroatoms. The smallest absolute Gasteiger partial charge is 0.141 e. The first kappa shape index (κ1) is 11.2. The highest BCUT2D eigenvalue weighted by molar-refractivity contribution is 5.61. The van der Waals surface area contributed by atoms with Gasteiger partial charge in [0.25, 0.3) is 0 Å². The molecule has 0 saturated carbocycles. The zero-order valence-electron chi connectivity index (χ0n) is 8.97. The lowest BCUT2D eigenvalue weighted by Crippen LogP contribution is -2.31. The van der Waals surface area contributed by atoms with Gasteiger partial charge >= 0.3 is 0 Å². The van der Waals surface area contributed by atoms with E-state index in [9.17, 15) is 9.18 Å². The molecule has 1 aliphatic heterocycles. The van der Waals surface area contributed by atoms with Crippen molar-refractivity contribution in [1.29, 1.82) is 0 Å². The van der Waals surface area contributed by atoms with Gasteiger partial charge in [-0.1, -0.05) is 12.1 Å². The second-order valence-electron chi connectivity index (χ2n) is 4.18.